The van der Waals surface area contributed by atoms with Crippen LogP contribution in [0.4, 0.5) is 0 Å². The molecule has 2 heterocycles. The van der Waals surface area contributed by atoms with E-state index >= 15 is 0 Å². The quantitative estimate of drug-likeness (QED) is 0.0257. The number of hydrogen-bond donors (Lipinski definition) is 9. The largest absolute Gasteiger partial charge is 0.508 e. The van der Waals surface area contributed by atoms with Crippen LogP contribution in [0.2, 0.25) is 0 Å². The fourth-order valence-electron chi connectivity index (χ4n) is 11.1. The van der Waals surface area contributed by atoms with E-state index in [0.29, 0.717) is 61.5 Å². The van der Waals surface area contributed by atoms with Crippen LogP contribution in [-0.2, 0) is 17.6 Å². The first kappa shape index (κ1) is 48.6. The van der Waals surface area contributed by atoms with E-state index in [-0.39, 0.29) is 48.2 Å². The Labute approximate surface area is 391 Å². The van der Waals surface area contributed by atoms with Gasteiger partial charge >= 0.3 is 5.97 Å². The summed E-state index contributed by atoms with van der Waals surface area (Å²) in [5, 5.41) is 70.7. The first-order chi connectivity index (χ1) is 31.9. The minimum atomic E-state index is -1.18. The van der Waals surface area contributed by atoms with Gasteiger partial charge in [0.25, 0.3) is 0 Å². The van der Waals surface area contributed by atoms with Gasteiger partial charge in [-0.3, -0.25) is 4.79 Å². The highest BCUT2D eigenvalue weighted by Gasteiger charge is 2.46. The number of benzene rings is 3. The number of aliphatic hydroxyl groups is 3. The number of hydrogen-bond acceptors (Lipinski definition) is 8. The first-order valence-electron chi connectivity index (χ1n) is 24.6. The van der Waals surface area contributed by atoms with E-state index in [1.807, 2.05) is 66.7 Å². The highest BCUT2D eigenvalue weighted by atomic mass is 16.4. The molecule has 3 aromatic carbocycles. The van der Waals surface area contributed by atoms with Gasteiger partial charge in [0.05, 0.1) is 35.2 Å². The van der Waals surface area contributed by atoms with Gasteiger partial charge in [0.2, 0.25) is 0 Å². The molecule has 1 aliphatic heterocycles. The van der Waals surface area contributed by atoms with E-state index in [1.54, 1.807) is 6.07 Å². The van der Waals surface area contributed by atoms with Crippen LogP contribution in [0.1, 0.15) is 120 Å². The number of allylic oxidation sites excluding steroid dienone is 3. The van der Waals surface area contributed by atoms with Crippen molar-refractivity contribution in [3.63, 3.8) is 0 Å². The lowest BCUT2D eigenvalue weighted by Crippen LogP contribution is -2.37. The van der Waals surface area contributed by atoms with E-state index < -0.39 is 23.6 Å². The molecule has 10 nitrogen and oxygen atoms in total. The minimum Gasteiger partial charge on any atom is -0.508 e. The van der Waals surface area contributed by atoms with Crippen molar-refractivity contribution in [1.29, 1.82) is 0 Å². The second-order valence-electron chi connectivity index (χ2n) is 19.7. The number of aliphatic hydroxyl groups excluding tert-OH is 2. The summed E-state index contributed by atoms with van der Waals surface area (Å²) in [5.41, 5.74) is 12.0. The van der Waals surface area contributed by atoms with E-state index in [4.69, 9.17) is 5.73 Å². The monoisotopic (exact) mass is 900 g/mol. The highest BCUT2D eigenvalue weighted by Crippen LogP contribution is 2.48. The number of carboxylic acid groups (broad SMARTS) is 1. The third-order valence-electron chi connectivity index (χ3n) is 14.7. The lowest BCUT2D eigenvalue weighted by molar-refractivity contribution is -0.146. The van der Waals surface area contributed by atoms with Crippen molar-refractivity contribution in [1.82, 2.24) is 10.3 Å². The van der Waals surface area contributed by atoms with Crippen LogP contribution in [-0.4, -0.2) is 65.9 Å². The topological polar surface area (TPSA) is 192 Å². The summed E-state index contributed by atoms with van der Waals surface area (Å²) in [4.78, 5) is 16.3. The molecule has 2 aliphatic carbocycles. The van der Waals surface area contributed by atoms with Crippen LogP contribution >= 0.6 is 0 Å². The predicted molar refractivity (Wildman–Crippen MR) is 262 cm³/mol. The Kier molecular flexibility index (Phi) is 16.9. The second kappa shape index (κ2) is 22.9. The van der Waals surface area contributed by atoms with Gasteiger partial charge < -0.3 is 46.7 Å². The Bertz CT molecular complexity index is 2290. The summed E-state index contributed by atoms with van der Waals surface area (Å²) >= 11 is 0. The van der Waals surface area contributed by atoms with Crippen LogP contribution in [0, 0.1) is 29.6 Å². The SMILES string of the molecule is CCCCC[C@@H]1C=C[C@@H](CCCCC[C@H](C(=O)O)[C@H](O)CC[C@]2(O)C[C@H](CC3=CCNC(N)=C3)C[C@H]2Cc2cc(-c3ccccc3)c(-c3cc(O)cc(O)c3Cc3ccccc3)[nH]2)[C@H](O)C1. The molecule has 354 valence electrons. The molecular formula is C56H73N3O7. The van der Waals surface area contributed by atoms with Crippen LogP contribution in [0.5, 0.6) is 11.5 Å². The summed E-state index contributed by atoms with van der Waals surface area (Å²) in [7, 11) is 0. The van der Waals surface area contributed by atoms with Crippen LogP contribution < -0.4 is 11.1 Å². The summed E-state index contributed by atoms with van der Waals surface area (Å²) in [6, 6.07) is 25.1. The highest BCUT2D eigenvalue weighted by molar-refractivity contribution is 5.85. The van der Waals surface area contributed by atoms with Crippen LogP contribution in [0.25, 0.3) is 22.4 Å². The molecule has 10 heteroatoms. The van der Waals surface area contributed by atoms with Crippen molar-refractivity contribution in [2.45, 2.75) is 134 Å². The van der Waals surface area contributed by atoms with Gasteiger partial charge in [-0.15, -0.1) is 0 Å². The number of carboxylic acids is 1. The minimum absolute atomic E-state index is 0.0000502. The van der Waals surface area contributed by atoms with Crippen molar-refractivity contribution >= 4 is 5.97 Å². The maximum atomic E-state index is 12.7. The molecule has 8 atom stereocenters. The molecule has 3 aliphatic rings. The Hall–Kier alpha value is -5.29. The number of nitrogens with one attached hydrogen (secondary N) is 2. The molecule has 0 bridgehead atoms. The van der Waals surface area contributed by atoms with Crippen molar-refractivity contribution in [2.75, 3.05) is 6.54 Å². The molecule has 0 amide bonds. The molecule has 7 rings (SSSR count). The van der Waals surface area contributed by atoms with Gasteiger partial charge in [-0.1, -0.05) is 124 Å². The third-order valence-corrected chi connectivity index (χ3v) is 14.7. The van der Waals surface area contributed by atoms with Gasteiger partial charge in [0.1, 0.15) is 11.5 Å². The van der Waals surface area contributed by atoms with Crippen molar-refractivity contribution < 1.29 is 35.4 Å². The van der Waals surface area contributed by atoms with Gasteiger partial charge in [-0.05, 0) is 117 Å². The summed E-state index contributed by atoms with van der Waals surface area (Å²) in [5.74, 6) is -0.887. The number of rotatable bonds is 23. The zero-order chi connectivity index (χ0) is 46.6. The molecular weight excluding hydrogens is 827 g/mol. The molecule has 0 saturated heterocycles. The van der Waals surface area contributed by atoms with E-state index in [1.165, 1.54) is 25.3 Å². The molecule has 1 saturated carbocycles. The molecule has 1 aromatic heterocycles. The number of unbranched alkanes of at least 4 members (excludes halogenated alkanes) is 4. The Balaban J connectivity index is 1.06. The smallest absolute Gasteiger partial charge is 0.309 e. The molecule has 10 N–H and O–H groups in total. The second-order valence-corrected chi connectivity index (χ2v) is 19.7. The fourth-order valence-corrected chi connectivity index (χ4v) is 11.1. The normalized spacial score (nSPS) is 23.8. The first-order valence-corrected chi connectivity index (χ1v) is 24.6. The standard InChI is InChI=1S/C56H73N3O7/c1-2-3-7-14-38-21-22-42(51(62)30-38)19-12-6-13-20-46(55(64)65)50(61)23-25-56(66)36-40(27-39-24-26-58-53(57)31-39)28-43(56)32-44-33-47(41-17-10-5-11-18-41)54(59-44)49-34-45(60)35-52(63)48(49)29-37-15-8-4-9-16-37/h4-5,8-11,15-18,21-22,24,31,33-35,38,40,42-43,46,50-51,58-63,66H,2-3,6-7,12-14,19-20,23,25-30,32,36,57H2,1H3,(H,64,65)/t38-,40-,42-,43+,46+,50-,51-,56+/m1/s1. The number of aromatic hydroxyl groups is 2. The molecule has 0 spiro atoms. The van der Waals surface area contributed by atoms with Gasteiger partial charge in [0.15, 0.2) is 0 Å². The number of aromatic amines is 1. The van der Waals surface area contributed by atoms with Crippen LogP contribution in [0.3, 0.4) is 0 Å². The zero-order valence-electron chi connectivity index (χ0n) is 38.8. The average Bonchev–Trinajstić information content (AvgIpc) is 3.86. The average molecular weight is 900 g/mol. The Morgan fingerprint density at radius 3 is 2.36 bits per heavy atom. The third kappa shape index (κ3) is 12.8. The molecule has 4 aromatic rings. The number of H-pyrrole nitrogens is 1. The maximum Gasteiger partial charge on any atom is 0.309 e. The van der Waals surface area contributed by atoms with E-state index in [9.17, 15) is 35.4 Å². The number of aliphatic carboxylic acids is 1. The summed E-state index contributed by atoms with van der Waals surface area (Å²) < 4.78 is 0. The van der Waals surface area contributed by atoms with Crippen molar-refractivity contribution in [2.24, 2.45) is 35.3 Å². The van der Waals surface area contributed by atoms with Gasteiger partial charge in [0, 0.05) is 47.3 Å². The number of dihydropyridines is 1. The van der Waals surface area contributed by atoms with E-state index in [2.05, 4.69) is 41.5 Å². The summed E-state index contributed by atoms with van der Waals surface area (Å²) in [6.07, 6.45) is 19.6. The zero-order valence-corrected chi connectivity index (χ0v) is 38.8. The number of phenols is 2. The molecule has 0 unspecified atom stereocenters. The lowest BCUT2D eigenvalue weighted by atomic mass is 9.80. The molecule has 0 radical (unpaired) electrons. The fraction of sp³-hybridized carbons (Fsp3) is 0.482. The van der Waals surface area contributed by atoms with Crippen molar-refractivity contribution in [3.8, 4) is 33.9 Å². The predicted octanol–water partition coefficient (Wildman–Crippen LogP) is 10.3. The maximum absolute atomic E-state index is 12.7. The Morgan fingerprint density at radius 2 is 1.64 bits per heavy atom. The van der Waals surface area contributed by atoms with Crippen molar-refractivity contribution in [3.05, 3.63) is 131 Å². The molecule has 66 heavy (non-hydrogen) atoms. The van der Waals surface area contributed by atoms with E-state index in [0.717, 1.165) is 78.6 Å². The number of aromatic nitrogens is 1. The molecule has 1 fully saturated rings. The number of nitrogens with two attached hydrogens (primary N) is 1. The van der Waals surface area contributed by atoms with Gasteiger partial charge in [-0.2, -0.15) is 0 Å². The summed E-state index contributed by atoms with van der Waals surface area (Å²) in [6.45, 7) is 2.85. The van der Waals surface area contributed by atoms with Gasteiger partial charge in [-0.25, -0.2) is 0 Å². The van der Waals surface area contributed by atoms with Crippen LogP contribution in [0.15, 0.2) is 115 Å². The number of carbonyl (C=O) groups is 1. The number of phenolic OH excluding ortho intramolecular Hbond substituents is 2. The Morgan fingerprint density at radius 1 is 0.879 bits per heavy atom. The lowest BCUT2D eigenvalue weighted by Gasteiger charge is -2.32.